The maximum absolute atomic E-state index is 12.4. The van der Waals surface area contributed by atoms with Crippen LogP contribution in [0.15, 0.2) is 77.3 Å². The fourth-order valence-electron chi connectivity index (χ4n) is 3.00. The summed E-state index contributed by atoms with van der Waals surface area (Å²) >= 11 is 8.68. The van der Waals surface area contributed by atoms with Crippen LogP contribution in [-0.4, -0.2) is 24.2 Å². The van der Waals surface area contributed by atoms with Gasteiger partial charge in [-0.25, -0.2) is 0 Å². The van der Waals surface area contributed by atoms with Crippen LogP contribution in [0.4, 0.5) is 5.69 Å². The molecule has 0 fully saturated rings. The molecule has 0 bridgehead atoms. The SMILES string of the molecule is CCOc1ccc(C(=O)NC(=S)Nc2ccc(OCCCc3ccccc3)cc2)cc1Br. The van der Waals surface area contributed by atoms with Crippen molar-refractivity contribution < 1.29 is 14.3 Å². The highest BCUT2D eigenvalue weighted by Gasteiger charge is 2.11. The monoisotopic (exact) mass is 512 g/mol. The fourth-order valence-corrected chi connectivity index (χ4v) is 3.70. The first kappa shape index (κ1) is 23.8. The zero-order valence-corrected chi connectivity index (χ0v) is 20.2. The molecule has 3 rings (SSSR count). The third-order valence-corrected chi connectivity index (χ3v) is 5.38. The predicted molar refractivity (Wildman–Crippen MR) is 136 cm³/mol. The number of nitrogens with one attached hydrogen (secondary N) is 2. The molecule has 2 N–H and O–H groups in total. The molecule has 32 heavy (non-hydrogen) atoms. The summed E-state index contributed by atoms with van der Waals surface area (Å²) in [5.41, 5.74) is 2.55. The first-order valence-corrected chi connectivity index (χ1v) is 11.6. The van der Waals surface area contributed by atoms with Crippen LogP contribution in [0.2, 0.25) is 0 Å². The van der Waals surface area contributed by atoms with Crippen LogP contribution in [0.1, 0.15) is 29.3 Å². The minimum atomic E-state index is -0.301. The van der Waals surface area contributed by atoms with E-state index in [-0.39, 0.29) is 11.0 Å². The number of hydrogen-bond acceptors (Lipinski definition) is 4. The second-order valence-electron chi connectivity index (χ2n) is 6.95. The zero-order chi connectivity index (χ0) is 22.8. The molecule has 0 heterocycles. The topological polar surface area (TPSA) is 59.6 Å². The lowest BCUT2D eigenvalue weighted by atomic mass is 10.1. The molecular weight excluding hydrogens is 488 g/mol. The average molecular weight is 513 g/mol. The largest absolute Gasteiger partial charge is 0.494 e. The number of amides is 1. The van der Waals surface area contributed by atoms with E-state index in [1.54, 1.807) is 18.2 Å². The molecule has 0 atom stereocenters. The molecule has 166 valence electrons. The van der Waals surface area contributed by atoms with Gasteiger partial charge >= 0.3 is 0 Å². The molecule has 0 radical (unpaired) electrons. The number of anilines is 1. The molecule has 5 nitrogen and oxygen atoms in total. The Balaban J connectivity index is 1.44. The first-order chi connectivity index (χ1) is 15.5. The van der Waals surface area contributed by atoms with Gasteiger partial charge < -0.3 is 14.8 Å². The standard InChI is InChI=1S/C25H25BrN2O3S/c1-2-30-23-15-10-19(17-22(23)26)24(29)28-25(32)27-20-11-13-21(14-12-20)31-16-6-9-18-7-4-3-5-8-18/h3-5,7-8,10-15,17H,2,6,9,16H2,1H3,(H2,27,28,29,32). The second kappa shape index (κ2) is 12.2. The molecule has 1 amide bonds. The summed E-state index contributed by atoms with van der Waals surface area (Å²) in [5.74, 6) is 1.18. The van der Waals surface area contributed by atoms with Crippen molar-refractivity contribution >= 4 is 44.9 Å². The number of rotatable bonds is 9. The highest BCUT2D eigenvalue weighted by molar-refractivity contribution is 9.10. The van der Waals surface area contributed by atoms with E-state index in [1.807, 2.05) is 49.4 Å². The van der Waals surface area contributed by atoms with Crippen molar-refractivity contribution in [3.63, 3.8) is 0 Å². The number of aryl methyl sites for hydroxylation is 1. The third-order valence-electron chi connectivity index (χ3n) is 4.55. The van der Waals surface area contributed by atoms with Crippen LogP contribution in [0.3, 0.4) is 0 Å². The molecule has 3 aromatic rings. The Morgan fingerprint density at radius 2 is 1.75 bits per heavy atom. The van der Waals surface area contributed by atoms with E-state index in [4.69, 9.17) is 21.7 Å². The quantitative estimate of drug-likeness (QED) is 0.272. The molecule has 0 aliphatic heterocycles. The smallest absolute Gasteiger partial charge is 0.257 e. The first-order valence-electron chi connectivity index (χ1n) is 10.4. The Morgan fingerprint density at radius 3 is 2.44 bits per heavy atom. The summed E-state index contributed by atoms with van der Waals surface area (Å²) in [6.45, 7) is 3.10. The van der Waals surface area contributed by atoms with Crippen molar-refractivity contribution in [3.05, 3.63) is 88.4 Å². The Morgan fingerprint density at radius 1 is 1.00 bits per heavy atom. The number of benzene rings is 3. The van der Waals surface area contributed by atoms with E-state index in [1.165, 1.54) is 5.56 Å². The van der Waals surface area contributed by atoms with Crippen molar-refractivity contribution in [2.45, 2.75) is 19.8 Å². The summed E-state index contributed by atoms with van der Waals surface area (Å²) in [6.07, 6.45) is 1.93. The molecular formula is C25H25BrN2O3S. The lowest BCUT2D eigenvalue weighted by Crippen LogP contribution is -2.34. The van der Waals surface area contributed by atoms with E-state index >= 15 is 0 Å². The van der Waals surface area contributed by atoms with Crippen molar-refractivity contribution in [1.29, 1.82) is 0 Å². The minimum absolute atomic E-state index is 0.219. The molecule has 0 aliphatic carbocycles. The Labute approximate surface area is 202 Å². The lowest BCUT2D eigenvalue weighted by Gasteiger charge is -2.12. The molecule has 0 unspecified atom stereocenters. The lowest BCUT2D eigenvalue weighted by molar-refractivity contribution is 0.0977. The Bertz CT molecular complexity index is 1040. The van der Waals surface area contributed by atoms with E-state index < -0.39 is 0 Å². The van der Waals surface area contributed by atoms with Crippen LogP contribution < -0.4 is 20.1 Å². The summed E-state index contributed by atoms with van der Waals surface area (Å²) in [7, 11) is 0. The van der Waals surface area contributed by atoms with Gasteiger partial charge in [-0.2, -0.15) is 0 Å². The fraction of sp³-hybridized carbons (Fsp3) is 0.200. The number of ether oxygens (including phenoxy) is 2. The second-order valence-corrected chi connectivity index (χ2v) is 8.21. The number of thiocarbonyl (C=S) groups is 1. The predicted octanol–water partition coefficient (Wildman–Crippen LogP) is 5.99. The summed E-state index contributed by atoms with van der Waals surface area (Å²) in [6, 6.07) is 23.0. The Hall–Kier alpha value is -2.90. The van der Waals surface area contributed by atoms with E-state index in [0.717, 1.165) is 24.3 Å². The number of halogens is 1. The summed E-state index contributed by atoms with van der Waals surface area (Å²) in [4.78, 5) is 12.4. The van der Waals surface area contributed by atoms with Crippen LogP contribution in [0.25, 0.3) is 0 Å². The van der Waals surface area contributed by atoms with Crippen molar-refractivity contribution in [1.82, 2.24) is 5.32 Å². The average Bonchev–Trinajstić information content (AvgIpc) is 2.80. The third kappa shape index (κ3) is 7.35. The van der Waals surface area contributed by atoms with Gasteiger partial charge in [-0.05, 0) is 95.9 Å². The van der Waals surface area contributed by atoms with Gasteiger partial charge in [-0.1, -0.05) is 30.3 Å². The molecule has 0 saturated carbocycles. The molecule has 0 aliphatic rings. The van der Waals surface area contributed by atoms with E-state index in [9.17, 15) is 4.79 Å². The maximum atomic E-state index is 12.4. The number of carbonyl (C=O) groups excluding carboxylic acids is 1. The van der Waals surface area contributed by atoms with Crippen molar-refractivity contribution in [2.24, 2.45) is 0 Å². The van der Waals surface area contributed by atoms with Crippen LogP contribution >= 0.6 is 28.1 Å². The van der Waals surface area contributed by atoms with Gasteiger partial charge in [-0.15, -0.1) is 0 Å². The van der Waals surface area contributed by atoms with Crippen LogP contribution in [0, 0.1) is 0 Å². The Kier molecular flexibility index (Phi) is 9.07. The van der Waals surface area contributed by atoms with Crippen molar-refractivity contribution in [3.8, 4) is 11.5 Å². The molecule has 3 aromatic carbocycles. The van der Waals surface area contributed by atoms with Gasteiger partial charge in [0.15, 0.2) is 5.11 Å². The van der Waals surface area contributed by atoms with Gasteiger partial charge in [0.25, 0.3) is 5.91 Å². The van der Waals surface area contributed by atoms with Gasteiger partial charge in [0.05, 0.1) is 17.7 Å². The van der Waals surface area contributed by atoms with Crippen LogP contribution in [0.5, 0.6) is 11.5 Å². The minimum Gasteiger partial charge on any atom is -0.494 e. The van der Waals surface area contributed by atoms with E-state index in [0.29, 0.717) is 29.0 Å². The van der Waals surface area contributed by atoms with Gasteiger partial charge in [0, 0.05) is 11.3 Å². The van der Waals surface area contributed by atoms with Gasteiger partial charge in [0.1, 0.15) is 11.5 Å². The highest BCUT2D eigenvalue weighted by Crippen LogP contribution is 2.26. The number of hydrogen-bond donors (Lipinski definition) is 2. The molecule has 0 spiro atoms. The van der Waals surface area contributed by atoms with Crippen molar-refractivity contribution in [2.75, 3.05) is 18.5 Å². The molecule has 7 heteroatoms. The highest BCUT2D eigenvalue weighted by atomic mass is 79.9. The van der Waals surface area contributed by atoms with Gasteiger partial charge in [0.2, 0.25) is 0 Å². The van der Waals surface area contributed by atoms with Gasteiger partial charge in [-0.3, -0.25) is 10.1 Å². The zero-order valence-electron chi connectivity index (χ0n) is 17.8. The normalized spacial score (nSPS) is 10.3. The summed E-state index contributed by atoms with van der Waals surface area (Å²) in [5, 5.41) is 5.92. The molecule has 0 saturated heterocycles. The van der Waals surface area contributed by atoms with E-state index in [2.05, 4.69) is 38.7 Å². The summed E-state index contributed by atoms with van der Waals surface area (Å²) < 4.78 is 12.0. The maximum Gasteiger partial charge on any atom is 0.257 e. The number of carbonyl (C=O) groups is 1. The van der Waals surface area contributed by atoms with Crippen LogP contribution in [-0.2, 0) is 6.42 Å². The molecule has 0 aromatic heterocycles.